The lowest BCUT2D eigenvalue weighted by Gasteiger charge is -2.39. The Morgan fingerprint density at radius 2 is 1.46 bits per heavy atom. The highest BCUT2D eigenvalue weighted by Crippen LogP contribution is 2.30. The summed E-state index contributed by atoms with van der Waals surface area (Å²) in [5.74, 6) is -0.236. The van der Waals surface area contributed by atoms with Crippen molar-refractivity contribution < 1.29 is 13.2 Å². The number of nitrogens with zero attached hydrogens (tertiary/aromatic N) is 2. The zero-order valence-electron chi connectivity index (χ0n) is 20.4. The van der Waals surface area contributed by atoms with Crippen LogP contribution in [0, 0.1) is 6.92 Å². The Labute approximate surface area is 208 Å². The lowest BCUT2D eigenvalue weighted by molar-refractivity contribution is 0.0953. The zero-order chi connectivity index (χ0) is 24.8. The number of carbonyl (C=O) groups is 1. The zero-order valence-corrected chi connectivity index (χ0v) is 21.2. The average molecular weight is 492 g/mol. The van der Waals surface area contributed by atoms with Crippen molar-refractivity contribution >= 4 is 15.9 Å². The van der Waals surface area contributed by atoms with E-state index in [1.165, 1.54) is 21.5 Å². The van der Waals surface area contributed by atoms with Crippen LogP contribution >= 0.6 is 0 Å². The van der Waals surface area contributed by atoms with Crippen LogP contribution in [0.25, 0.3) is 0 Å². The number of rotatable bonds is 8. The second-order valence-corrected chi connectivity index (χ2v) is 10.8. The van der Waals surface area contributed by atoms with E-state index in [0.29, 0.717) is 38.3 Å². The summed E-state index contributed by atoms with van der Waals surface area (Å²) in [7, 11) is -3.71. The van der Waals surface area contributed by atoms with Crippen LogP contribution < -0.4 is 5.32 Å². The summed E-state index contributed by atoms with van der Waals surface area (Å²) in [5.41, 5.74) is 3.55. The van der Waals surface area contributed by atoms with Crippen molar-refractivity contribution in [3.63, 3.8) is 0 Å². The van der Waals surface area contributed by atoms with E-state index >= 15 is 0 Å². The van der Waals surface area contributed by atoms with Crippen molar-refractivity contribution in [2.45, 2.75) is 31.2 Å². The van der Waals surface area contributed by atoms with Crippen LogP contribution in [-0.4, -0.2) is 56.3 Å². The Morgan fingerprint density at radius 1 is 0.886 bits per heavy atom. The van der Waals surface area contributed by atoms with E-state index in [0.717, 1.165) is 12.0 Å². The highest BCUT2D eigenvalue weighted by Gasteiger charge is 2.32. The van der Waals surface area contributed by atoms with E-state index < -0.39 is 10.0 Å². The third-order valence-electron chi connectivity index (χ3n) is 6.50. The van der Waals surface area contributed by atoms with Crippen molar-refractivity contribution in [2.24, 2.45) is 0 Å². The number of benzene rings is 3. The fourth-order valence-electron chi connectivity index (χ4n) is 4.58. The first kappa shape index (κ1) is 25.1. The van der Waals surface area contributed by atoms with Crippen LogP contribution in [0.3, 0.4) is 0 Å². The largest absolute Gasteiger partial charge is 0.352 e. The van der Waals surface area contributed by atoms with Crippen molar-refractivity contribution in [1.82, 2.24) is 14.5 Å². The molecular formula is C28H33N3O3S. The Bertz CT molecular complexity index is 1200. The van der Waals surface area contributed by atoms with Crippen molar-refractivity contribution in [2.75, 3.05) is 32.7 Å². The Balaban J connectivity index is 1.53. The Kier molecular flexibility index (Phi) is 8.00. The van der Waals surface area contributed by atoms with Gasteiger partial charge in [-0.3, -0.25) is 9.69 Å². The van der Waals surface area contributed by atoms with Gasteiger partial charge in [0, 0.05) is 38.3 Å². The third kappa shape index (κ3) is 5.64. The Morgan fingerprint density at radius 3 is 2.00 bits per heavy atom. The second-order valence-electron chi connectivity index (χ2n) is 8.90. The maximum Gasteiger partial charge on any atom is 0.251 e. The molecule has 0 spiro atoms. The van der Waals surface area contributed by atoms with Gasteiger partial charge in [0.15, 0.2) is 0 Å². The lowest BCUT2D eigenvalue weighted by Crippen LogP contribution is -2.49. The average Bonchev–Trinajstić information content (AvgIpc) is 2.89. The number of hydrogen-bond donors (Lipinski definition) is 1. The molecule has 1 N–H and O–H groups in total. The highest BCUT2D eigenvalue weighted by atomic mass is 32.2. The maximum atomic E-state index is 13.5. The predicted molar refractivity (Wildman–Crippen MR) is 139 cm³/mol. The molecule has 0 atom stereocenters. The Hall–Kier alpha value is -3.00. The molecule has 35 heavy (non-hydrogen) atoms. The minimum atomic E-state index is -3.71. The molecule has 1 fully saturated rings. The van der Waals surface area contributed by atoms with Crippen LogP contribution in [-0.2, 0) is 10.0 Å². The number of piperazine rings is 1. The van der Waals surface area contributed by atoms with E-state index in [9.17, 15) is 13.2 Å². The van der Waals surface area contributed by atoms with Crippen molar-refractivity contribution in [3.8, 4) is 0 Å². The number of carbonyl (C=O) groups excluding carboxylic acids is 1. The number of sulfonamides is 1. The second kappa shape index (κ2) is 11.2. The fraction of sp³-hybridized carbons (Fsp3) is 0.321. The minimum Gasteiger partial charge on any atom is -0.352 e. The van der Waals surface area contributed by atoms with Gasteiger partial charge >= 0.3 is 0 Å². The molecule has 1 amide bonds. The van der Waals surface area contributed by atoms with Gasteiger partial charge in [0.05, 0.1) is 10.9 Å². The summed E-state index contributed by atoms with van der Waals surface area (Å²) in [5, 5.41) is 2.84. The number of amides is 1. The maximum absolute atomic E-state index is 13.5. The van der Waals surface area contributed by atoms with Gasteiger partial charge in [-0.05, 0) is 42.2 Å². The fourth-order valence-corrected chi connectivity index (χ4v) is 6.02. The number of aryl methyl sites for hydroxylation is 1. The number of nitrogens with one attached hydrogen (secondary N) is 1. The summed E-state index contributed by atoms with van der Waals surface area (Å²) in [6.07, 6.45) is 0.819. The third-order valence-corrected chi connectivity index (χ3v) is 8.39. The van der Waals surface area contributed by atoms with Crippen LogP contribution in [0.1, 0.15) is 46.4 Å². The molecule has 4 rings (SSSR count). The van der Waals surface area contributed by atoms with Gasteiger partial charge in [0.1, 0.15) is 0 Å². The van der Waals surface area contributed by atoms with E-state index in [2.05, 4.69) is 34.5 Å². The smallest absolute Gasteiger partial charge is 0.251 e. The van der Waals surface area contributed by atoms with Crippen LogP contribution in [0.4, 0.5) is 0 Å². The van der Waals surface area contributed by atoms with Gasteiger partial charge in [0.25, 0.3) is 5.91 Å². The molecule has 3 aromatic rings. The van der Waals surface area contributed by atoms with E-state index in [1.807, 2.05) is 50.2 Å². The van der Waals surface area contributed by atoms with Crippen molar-refractivity contribution in [1.29, 1.82) is 0 Å². The normalized spacial score (nSPS) is 15.3. The van der Waals surface area contributed by atoms with Gasteiger partial charge < -0.3 is 5.32 Å². The molecule has 3 aromatic carbocycles. The van der Waals surface area contributed by atoms with Gasteiger partial charge in [-0.25, -0.2) is 8.42 Å². The molecular weight excluding hydrogens is 458 g/mol. The summed E-state index contributed by atoms with van der Waals surface area (Å²) in [4.78, 5) is 15.1. The topological polar surface area (TPSA) is 69.7 Å². The molecule has 0 radical (unpaired) electrons. The standard InChI is InChI=1S/C28H33N3O3S/c1-3-16-29-28(32)26-21-25(15-14-22(26)2)35(33,34)31-19-17-30(18-20-31)27(23-10-6-4-7-11-23)24-12-8-5-9-13-24/h4-15,21,27H,3,16-20H2,1-2H3,(H,29,32). The van der Waals surface area contributed by atoms with Crippen LogP contribution in [0.2, 0.25) is 0 Å². The van der Waals surface area contributed by atoms with Gasteiger partial charge in [-0.1, -0.05) is 73.7 Å². The minimum absolute atomic E-state index is 0.0653. The molecule has 1 aliphatic heterocycles. The van der Waals surface area contributed by atoms with Gasteiger partial charge in [-0.2, -0.15) is 4.31 Å². The first-order valence-electron chi connectivity index (χ1n) is 12.1. The summed E-state index contributed by atoms with van der Waals surface area (Å²) in [6, 6.07) is 25.6. The van der Waals surface area contributed by atoms with Crippen molar-refractivity contribution in [3.05, 3.63) is 101 Å². The first-order chi connectivity index (χ1) is 16.9. The molecule has 0 saturated carbocycles. The molecule has 7 heteroatoms. The van der Waals surface area contributed by atoms with Crippen LogP contribution in [0.5, 0.6) is 0 Å². The summed E-state index contributed by atoms with van der Waals surface area (Å²) >= 11 is 0. The quantitative estimate of drug-likeness (QED) is 0.512. The molecule has 0 bridgehead atoms. The monoisotopic (exact) mass is 491 g/mol. The molecule has 0 aromatic heterocycles. The van der Waals surface area contributed by atoms with E-state index in [1.54, 1.807) is 12.1 Å². The number of hydrogen-bond acceptors (Lipinski definition) is 4. The van der Waals surface area contributed by atoms with Gasteiger partial charge in [0.2, 0.25) is 10.0 Å². The van der Waals surface area contributed by atoms with Crippen LogP contribution in [0.15, 0.2) is 83.8 Å². The summed E-state index contributed by atoms with van der Waals surface area (Å²) in [6.45, 7) is 6.37. The molecule has 184 valence electrons. The van der Waals surface area contributed by atoms with E-state index in [-0.39, 0.29) is 16.8 Å². The lowest BCUT2D eigenvalue weighted by atomic mass is 9.96. The molecule has 0 aliphatic carbocycles. The SMILES string of the molecule is CCCNC(=O)c1cc(S(=O)(=O)N2CCN(C(c3ccccc3)c3ccccc3)CC2)ccc1C. The molecule has 6 nitrogen and oxygen atoms in total. The van der Waals surface area contributed by atoms with Gasteiger partial charge in [-0.15, -0.1) is 0 Å². The molecule has 1 saturated heterocycles. The molecule has 1 heterocycles. The predicted octanol–water partition coefficient (Wildman–Crippen LogP) is 4.23. The molecule has 0 unspecified atom stereocenters. The first-order valence-corrected chi connectivity index (χ1v) is 13.6. The highest BCUT2D eigenvalue weighted by molar-refractivity contribution is 7.89. The van der Waals surface area contributed by atoms with E-state index in [4.69, 9.17) is 0 Å². The summed E-state index contributed by atoms with van der Waals surface area (Å²) < 4.78 is 28.5. The molecule has 1 aliphatic rings.